The van der Waals surface area contributed by atoms with Crippen molar-refractivity contribution in [2.75, 3.05) is 11.0 Å². The fraction of sp³-hybridized carbons (Fsp3) is 0.467. The van der Waals surface area contributed by atoms with Gasteiger partial charge >= 0.3 is 5.97 Å². The summed E-state index contributed by atoms with van der Waals surface area (Å²) in [5.41, 5.74) is 0.944. The number of nitrogens with one attached hydrogen (secondary N) is 2. The standard InChI is InChI=1S/C15H22N2O5S/c1-10(2)7-13(15(19)20)16-14(18)9-11-5-4-6-12(8-11)17-23(3,21)22/h4-6,8,10,13,17H,7,9H2,1-3H3,(H,16,18)(H,19,20). The fourth-order valence-electron chi connectivity index (χ4n) is 2.08. The number of carboxylic acids is 1. The number of amides is 1. The maximum Gasteiger partial charge on any atom is 0.326 e. The summed E-state index contributed by atoms with van der Waals surface area (Å²) in [5.74, 6) is -1.35. The lowest BCUT2D eigenvalue weighted by molar-refractivity contribution is -0.142. The van der Waals surface area contributed by atoms with Gasteiger partial charge in [-0.05, 0) is 30.0 Å². The molecule has 0 aliphatic carbocycles. The van der Waals surface area contributed by atoms with Crippen LogP contribution in [0.2, 0.25) is 0 Å². The number of carbonyl (C=O) groups excluding carboxylic acids is 1. The molecule has 1 aromatic carbocycles. The van der Waals surface area contributed by atoms with E-state index in [2.05, 4.69) is 10.0 Å². The van der Waals surface area contributed by atoms with Crippen LogP contribution in [0.15, 0.2) is 24.3 Å². The highest BCUT2D eigenvalue weighted by molar-refractivity contribution is 7.92. The molecule has 1 unspecified atom stereocenters. The number of aliphatic carboxylic acids is 1. The molecule has 1 amide bonds. The van der Waals surface area contributed by atoms with Crippen molar-refractivity contribution >= 4 is 27.6 Å². The van der Waals surface area contributed by atoms with Crippen molar-refractivity contribution in [1.82, 2.24) is 5.32 Å². The molecule has 3 N–H and O–H groups in total. The van der Waals surface area contributed by atoms with E-state index in [0.717, 1.165) is 6.26 Å². The van der Waals surface area contributed by atoms with Gasteiger partial charge in [-0.3, -0.25) is 9.52 Å². The molecule has 0 saturated heterocycles. The molecule has 1 aromatic rings. The zero-order valence-corrected chi connectivity index (χ0v) is 14.2. The van der Waals surface area contributed by atoms with Crippen LogP contribution in [0.25, 0.3) is 0 Å². The van der Waals surface area contributed by atoms with Gasteiger partial charge in [-0.15, -0.1) is 0 Å². The number of hydrogen-bond acceptors (Lipinski definition) is 4. The van der Waals surface area contributed by atoms with Crippen LogP contribution in [-0.2, 0) is 26.0 Å². The molecule has 0 bridgehead atoms. The first kappa shape index (κ1) is 19.0. The van der Waals surface area contributed by atoms with E-state index in [9.17, 15) is 18.0 Å². The van der Waals surface area contributed by atoms with Crippen LogP contribution in [0.1, 0.15) is 25.8 Å². The Morgan fingerprint density at radius 1 is 1.26 bits per heavy atom. The van der Waals surface area contributed by atoms with E-state index in [1.54, 1.807) is 24.3 Å². The monoisotopic (exact) mass is 342 g/mol. The molecule has 128 valence electrons. The quantitative estimate of drug-likeness (QED) is 0.657. The zero-order chi connectivity index (χ0) is 17.6. The predicted octanol–water partition coefficient (Wildman–Crippen LogP) is 1.22. The molecular weight excluding hydrogens is 320 g/mol. The van der Waals surface area contributed by atoms with Crippen molar-refractivity contribution in [2.24, 2.45) is 5.92 Å². The van der Waals surface area contributed by atoms with Crippen molar-refractivity contribution in [3.05, 3.63) is 29.8 Å². The van der Waals surface area contributed by atoms with Crippen LogP contribution < -0.4 is 10.0 Å². The van der Waals surface area contributed by atoms with Crippen molar-refractivity contribution in [1.29, 1.82) is 0 Å². The van der Waals surface area contributed by atoms with Crippen LogP contribution in [0, 0.1) is 5.92 Å². The van der Waals surface area contributed by atoms with Crippen LogP contribution in [0.3, 0.4) is 0 Å². The molecule has 7 nitrogen and oxygen atoms in total. The van der Waals surface area contributed by atoms with Crippen molar-refractivity contribution in [3.63, 3.8) is 0 Å². The molecule has 23 heavy (non-hydrogen) atoms. The highest BCUT2D eigenvalue weighted by atomic mass is 32.2. The summed E-state index contributed by atoms with van der Waals surface area (Å²) in [4.78, 5) is 23.1. The summed E-state index contributed by atoms with van der Waals surface area (Å²) in [7, 11) is -3.39. The zero-order valence-electron chi connectivity index (χ0n) is 13.4. The third-order valence-electron chi connectivity index (χ3n) is 2.94. The van der Waals surface area contributed by atoms with E-state index in [1.165, 1.54) is 0 Å². The molecule has 0 aliphatic rings. The van der Waals surface area contributed by atoms with Crippen LogP contribution in [0.4, 0.5) is 5.69 Å². The van der Waals surface area contributed by atoms with Crippen molar-refractivity contribution in [3.8, 4) is 0 Å². The lowest BCUT2D eigenvalue weighted by Crippen LogP contribution is -2.42. The lowest BCUT2D eigenvalue weighted by atomic mass is 10.0. The van der Waals surface area contributed by atoms with Gasteiger partial charge in [-0.2, -0.15) is 0 Å². The van der Waals surface area contributed by atoms with Gasteiger partial charge in [-0.25, -0.2) is 13.2 Å². The SMILES string of the molecule is CC(C)CC(NC(=O)Cc1cccc(NS(C)(=O)=O)c1)C(=O)O. The van der Waals surface area contributed by atoms with Gasteiger partial charge in [0.25, 0.3) is 0 Å². The maximum atomic E-state index is 12.0. The van der Waals surface area contributed by atoms with Crippen LogP contribution in [-0.4, -0.2) is 37.7 Å². The topological polar surface area (TPSA) is 113 Å². The van der Waals surface area contributed by atoms with Gasteiger partial charge < -0.3 is 10.4 Å². The molecule has 0 saturated carbocycles. The smallest absolute Gasteiger partial charge is 0.326 e. The van der Waals surface area contributed by atoms with Gasteiger partial charge in [0, 0.05) is 5.69 Å². The normalized spacial score (nSPS) is 12.7. The Balaban J connectivity index is 2.73. The number of rotatable bonds is 8. The largest absolute Gasteiger partial charge is 0.480 e. The first-order valence-corrected chi connectivity index (χ1v) is 9.05. The highest BCUT2D eigenvalue weighted by Gasteiger charge is 2.21. The maximum absolute atomic E-state index is 12.0. The molecular formula is C15H22N2O5S. The minimum absolute atomic E-state index is 0.0266. The van der Waals surface area contributed by atoms with E-state index < -0.39 is 27.9 Å². The first-order chi connectivity index (χ1) is 10.6. The number of carboxylic acid groups (broad SMARTS) is 1. The number of anilines is 1. The minimum atomic E-state index is -3.39. The molecule has 8 heteroatoms. The second-order valence-electron chi connectivity index (χ2n) is 5.84. The Labute approximate surface area is 136 Å². The third-order valence-corrected chi connectivity index (χ3v) is 3.54. The molecule has 0 spiro atoms. The Morgan fingerprint density at radius 3 is 2.43 bits per heavy atom. The average molecular weight is 342 g/mol. The number of benzene rings is 1. The van der Waals surface area contributed by atoms with E-state index in [4.69, 9.17) is 5.11 Å². The van der Waals surface area contributed by atoms with E-state index in [0.29, 0.717) is 17.7 Å². The molecule has 0 aliphatic heterocycles. The van der Waals surface area contributed by atoms with Crippen LogP contribution in [0.5, 0.6) is 0 Å². The number of carbonyl (C=O) groups is 2. The number of hydrogen-bond donors (Lipinski definition) is 3. The van der Waals surface area contributed by atoms with E-state index >= 15 is 0 Å². The van der Waals surface area contributed by atoms with Gasteiger partial charge in [0.1, 0.15) is 6.04 Å². The Hall–Kier alpha value is -2.09. The average Bonchev–Trinajstić information content (AvgIpc) is 2.35. The molecule has 0 aromatic heterocycles. The molecule has 1 rings (SSSR count). The van der Waals surface area contributed by atoms with Crippen molar-refractivity contribution < 1.29 is 23.1 Å². The fourth-order valence-corrected chi connectivity index (χ4v) is 2.64. The molecule has 1 atom stereocenters. The van der Waals surface area contributed by atoms with E-state index in [1.807, 2.05) is 13.8 Å². The van der Waals surface area contributed by atoms with Gasteiger partial charge in [0.05, 0.1) is 12.7 Å². The summed E-state index contributed by atoms with van der Waals surface area (Å²) < 4.78 is 24.7. The lowest BCUT2D eigenvalue weighted by Gasteiger charge is -2.16. The minimum Gasteiger partial charge on any atom is -0.480 e. The van der Waals surface area contributed by atoms with Crippen LogP contribution >= 0.6 is 0 Å². The first-order valence-electron chi connectivity index (χ1n) is 7.15. The number of sulfonamides is 1. The summed E-state index contributed by atoms with van der Waals surface area (Å²) in [6, 6.07) is 5.48. The Morgan fingerprint density at radius 2 is 1.91 bits per heavy atom. The molecule has 0 heterocycles. The third kappa shape index (κ3) is 7.64. The second kappa shape index (κ2) is 7.96. The summed E-state index contributed by atoms with van der Waals surface area (Å²) >= 11 is 0. The van der Waals surface area contributed by atoms with Gasteiger partial charge in [0.2, 0.25) is 15.9 Å². The Kier molecular flexibility index (Phi) is 6.56. The van der Waals surface area contributed by atoms with E-state index in [-0.39, 0.29) is 12.3 Å². The van der Waals surface area contributed by atoms with Gasteiger partial charge in [-0.1, -0.05) is 26.0 Å². The highest BCUT2D eigenvalue weighted by Crippen LogP contribution is 2.13. The molecule has 0 fully saturated rings. The second-order valence-corrected chi connectivity index (χ2v) is 7.59. The Bertz CT molecular complexity index is 670. The van der Waals surface area contributed by atoms with Gasteiger partial charge in [0.15, 0.2) is 0 Å². The predicted molar refractivity (Wildman–Crippen MR) is 87.6 cm³/mol. The summed E-state index contributed by atoms with van der Waals surface area (Å²) in [5, 5.41) is 11.6. The summed E-state index contributed by atoms with van der Waals surface area (Å²) in [6.07, 6.45) is 1.35. The van der Waals surface area contributed by atoms with Crippen molar-refractivity contribution in [2.45, 2.75) is 32.7 Å². The molecule has 0 radical (unpaired) electrons. The summed E-state index contributed by atoms with van der Waals surface area (Å²) in [6.45, 7) is 3.75.